The molecule has 2 saturated heterocycles. The zero-order chi connectivity index (χ0) is 26.2. The van der Waals surface area contributed by atoms with Crippen LogP contribution >= 0.6 is 0 Å². The Bertz CT molecular complexity index is 1520. The van der Waals surface area contributed by atoms with Crippen LogP contribution in [-0.4, -0.2) is 97.5 Å². The average molecular weight is 527 g/mol. The van der Waals surface area contributed by atoms with Crippen LogP contribution in [0.3, 0.4) is 0 Å². The minimum absolute atomic E-state index is 0.609. The molecule has 0 saturated carbocycles. The van der Waals surface area contributed by atoms with E-state index in [9.17, 15) is 0 Å². The maximum atomic E-state index is 6.35. The molecule has 5 heterocycles. The molecular weight excluding hydrogens is 492 g/mol. The number of ether oxygens (including phenoxy) is 2. The number of anilines is 1. The highest BCUT2D eigenvalue weighted by atomic mass is 16.5. The van der Waals surface area contributed by atoms with Crippen LogP contribution in [-0.2, 0) is 22.4 Å². The number of nitrogens with zero attached hydrogens (tertiary/aromatic N) is 6. The molecular formula is C30H34N6O3. The second kappa shape index (κ2) is 10.7. The second-order valence-corrected chi connectivity index (χ2v) is 10.5. The molecule has 7 rings (SSSR count). The van der Waals surface area contributed by atoms with Gasteiger partial charge in [-0.05, 0) is 29.2 Å². The number of hydrogen-bond acceptors (Lipinski definition) is 9. The Morgan fingerprint density at radius 3 is 2.69 bits per heavy atom. The summed E-state index contributed by atoms with van der Waals surface area (Å²) in [6, 6.07) is 8.62. The highest BCUT2D eigenvalue weighted by Crippen LogP contribution is 2.37. The Labute approximate surface area is 228 Å². The van der Waals surface area contributed by atoms with Crippen molar-refractivity contribution in [3.63, 3.8) is 0 Å². The van der Waals surface area contributed by atoms with Gasteiger partial charge in [0.2, 0.25) is 5.71 Å². The van der Waals surface area contributed by atoms with Gasteiger partial charge in [-0.15, -0.1) is 0 Å². The summed E-state index contributed by atoms with van der Waals surface area (Å²) in [5.74, 6) is 1.55. The quantitative estimate of drug-likeness (QED) is 0.359. The summed E-state index contributed by atoms with van der Waals surface area (Å²) >= 11 is 0. The van der Waals surface area contributed by atoms with E-state index in [1.165, 1.54) is 16.7 Å². The lowest BCUT2D eigenvalue weighted by Crippen LogP contribution is -2.46. The van der Waals surface area contributed by atoms with Crippen LogP contribution in [0.2, 0.25) is 0 Å². The molecule has 2 fully saturated rings. The van der Waals surface area contributed by atoms with Gasteiger partial charge in [0.05, 0.1) is 25.2 Å². The maximum Gasteiger partial charge on any atom is 0.229 e. The summed E-state index contributed by atoms with van der Waals surface area (Å²) < 4.78 is 17.2. The van der Waals surface area contributed by atoms with E-state index in [4.69, 9.17) is 28.8 Å². The lowest BCUT2D eigenvalue weighted by molar-refractivity contribution is 0.0938. The summed E-state index contributed by atoms with van der Waals surface area (Å²) in [5.41, 5.74) is 6.89. The zero-order valence-corrected chi connectivity index (χ0v) is 22.4. The fourth-order valence-corrected chi connectivity index (χ4v) is 5.89. The molecule has 0 spiro atoms. The first-order valence-corrected chi connectivity index (χ1v) is 13.9. The number of hydrogen-bond donors (Lipinski definition) is 0. The first kappa shape index (κ1) is 24.7. The second-order valence-electron chi connectivity index (χ2n) is 10.5. The Hall–Kier alpha value is -3.37. The fourth-order valence-electron chi connectivity index (χ4n) is 5.89. The van der Waals surface area contributed by atoms with E-state index in [0.29, 0.717) is 24.5 Å². The number of rotatable bonds is 7. The maximum absolute atomic E-state index is 6.35. The minimum atomic E-state index is 0.609. The van der Waals surface area contributed by atoms with Gasteiger partial charge in [-0.2, -0.15) is 0 Å². The number of furan rings is 1. The number of morpholine rings is 1. The summed E-state index contributed by atoms with van der Waals surface area (Å²) in [6.07, 6.45) is 7.29. The Balaban J connectivity index is 1.26. The van der Waals surface area contributed by atoms with Crippen molar-refractivity contribution in [2.45, 2.75) is 13.0 Å². The van der Waals surface area contributed by atoms with Crippen LogP contribution in [0.1, 0.15) is 16.7 Å². The highest BCUT2D eigenvalue weighted by molar-refractivity contribution is 6.05. The average Bonchev–Trinajstić information content (AvgIpc) is 3.61. The van der Waals surface area contributed by atoms with Crippen LogP contribution < -0.4 is 4.90 Å². The van der Waals surface area contributed by atoms with Crippen molar-refractivity contribution in [1.82, 2.24) is 24.8 Å². The third kappa shape index (κ3) is 4.80. The number of methoxy groups -OCH3 is 1. The van der Waals surface area contributed by atoms with Gasteiger partial charge in [0.15, 0.2) is 17.2 Å². The van der Waals surface area contributed by atoms with Crippen molar-refractivity contribution in [3.05, 3.63) is 53.2 Å². The van der Waals surface area contributed by atoms with Crippen molar-refractivity contribution < 1.29 is 13.9 Å². The molecule has 0 unspecified atom stereocenters. The van der Waals surface area contributed by atoms with Crippen molar-refractivity contribution >= 4 is 34.1 Å². The number of pyridine rings is 1. The van der Waals surface area contributed by atoms with Crippen molar-refractivity contribution in [1.29, 1.82) is 0 Å². The van der Waals surface area contributed by atoms with Crippen LogP contribution in [0.15, 0.2) is 41.0 Å². The molecule has 9 heteroatoms. The number of piperazine rings is 1. The summed E-state index contributed by atoms with van der Waals surface area (Å²) in [5, 5.41) is 0.947. The van der Waals surface area contributed by atoms with Crippen LogP contribution in [0.4, 0.5) is 5.82 Å². The number of aromatic nitrogens is 3. The lowest BCUT2D eigenvalue weighted by Gasteiger charge is -2.34. The number of allylic oxidation sites excluding steroid dienone is 1. The van der Waals surface area contributed by atoms with E-state index < -0.39 is 0 Å². The van der Waals surface area contributed by atoms with Crippen molar-refractivity contribution in [3.8, 4) is 11.4 Å². The van der Waals surface area contributed by atoms with E-state index >= 15 is 0 Å². The summed E-state index contributed by atoms with van der Waals surface area (Å²) in [4.78, 5) is 22.2. The molecule has 0 N–H and O–H groups in total. The predicted octanol–water partition coefficient (Wildman–Crippen LogP) is 3.61. The van der Waals surface area contributed by atoms with Gasteiger partial charge in [-0.3, -0.25) is 9.80 Å². The van der Waals surface area contributed by atoms with Crippen molar-refractivity contribution in [2.24, 2.45) is 0 Å². The molecule has 4 aromatic rings. The molecule has 3 aromatic heterocycles. The Kier molecular flexibility index (Phi) is 6.74. The van der Waals surface area contributed by atoms with E-state index in [2.05, 4.69) is 51.1 Å². The molecule has 2 aliphatic heterocycles. The third-order valence-corrected chi connectivity index (χ3v) is 8.06. The molecule has 0 bridgehead atoms. The molecule has 0 amide bonds. The van der Waals surface area contributed by atoms with Gasteiger partial charge >= 0.3 is 0 Å². The van der Waals surface area contributed by atoms with Gasteiger partial charge < -0.3 is 18.8 Å². The molecule has 0 radical (unpaired) electrons. The molecule has 3 aliphatic rings. The molecule has 1 aliphatic carbocycles. The minimum Gasteiger partial charge on any atom is -0.432 e. The van der Waals surface area contributed by atoms with Crippen LogP contribution in [0.5, 0.6) is 0 Å². The van der Waals surface area contributed by atoms with Crippen molar-refractivity contribution in [2.75, 3.05) is 77.6 Å². The first-order chi connectivity index (χ1) is 19.3. The van der Waals surface area contributed by atoms with E-state index in [1.807, 2.05) is 6.20 Å². The highest BCUT2D eigenvalue weighted by Gasteiger charge is 2.25. The number of benzene rings is 1. The van der Waals surface area contributed by atoms with Gasteiger partial charge in [-0.25, -0.2) is 15.0 Å². The number of fused-ring (bicyclic) bond motifs is 4. The molecule has 9 nitrogen and oxygen atoms in total. The largest absolute Gasteiger partial charge is 0.432 e. The fraction of sp³-hybridized carbons (Fsp3) is 0.433. The van der Waals surface area contributed by atoms with E-state index in [-0.39, 0.29) is 0 Å². The third-order valence-electron chi connectivity index (χ3n) is 8.06. The molecule has 1 aromatic carbocycles. The van der Waals surface area contributed by atoms with Gasteiger partial charge in [0.25, 0.3) is 0 Å². The molecule has 202 valence electrons. The molecule has 0 atom stereocenters. The Morgan fingerprint density at radius 1 is 1.00 bits per heavy atom. The Morgan fingerprint density at radius 2 is 1.85 bits per heavy atom. The summed E-state index contributed by atoms with van der Waals surface area (Å²) in [7, 11) is 1.76. The normalized spacial score (nSPS) is 18.4. The van der Waals surface area contributed by atoms with Gasteiger partial charge in [0.1, 0.15) is 5.52 Å². The van der Waals surface area contributed by atoms with Crippen LogP contribution in [0, 0.1) is 0 Å². The van der Waals surface area contributed by atoms with Crippen LogP contribution in [0.25, 0.3) is 39.7 Å². The monoisotopic (exact) mass is 526 g/mol. The van der Waals surface area contributed by atoms with Gasteiger partial charge in [-0.1, -0.05) is 30.4 Å². The first-order valence-electron chi connectivity index (χ1n) is 13.9. The summed E-state index contributed by atoms with van der Waals surface area (Å²) in [6.45, 7) is 9.71. The van der Waals surface area contributed by atoms with E-state index in [1.54, 1.807) is 7.11 Å². The predicted molar refractivity (Wildman–Crippen MR) is 152 cm³/mol. The standard InChI is InChI=1S/C30H34N6O3/c1-37-15-12-34-8-10-35(11-9-34)20-21-18-25-26-27(39-30(25)31-19-21)29(36-13-16-38-17-14-36)33-28(32-26)24-7-3-5-22-4-2-6-23(22)24/h2-3,5-7,18-19H,4,8-17,20H2,1H3. The van der Waals surface area contributed by atoms with Gasteiger partial charge in [0, 0.05) is 71.2 Å². The lowest BCUT2D eigenvalue weighted by atomic mass is 10.0. The molecule has 39 heavy (non-hydrogen) atoms. The van der Waals surface area contributed by atoms with E-state index in [0.717, 1.165) is 93.5 Å². The smallest absolute Gasteiger partial charge is 0.229 e. The SMILES string of the molecule is COCCN1CCN(Cc2cnc3oc4c(N5CCOCC5)nc(-c5cccc6c5C=CC6)nc4c3c2)CC1. The topological polar surface area (TPSA) is 80.0 Å². The zero-order valence-electron chi connectivity index (χ0n) is 22.4.